The van der Waals surface area contributed by atoms with Gasteiger partial charge in [0.25, 0.3) is 0 Å². The third kappa shape index (κ3) is 3.14. The molecule has 3 rings (SSSR count). The SMILES string of the molecule is O=C(NCCc1ccc(F)c(Br)c1)N1C[C@@H]2CCC[C@@]2(C(=O)O)C1. The lowest BCUT2D eigenvalue weighted by Crippen LogP contribution is -2.42. The van der Waals surface area contributed by atoms with E-state index in [4.69, 9.17) is 0 Å². The number of urea groups is 1. The number of likely N-dealkylation sites (tertiary alicyclic amines) is 1. The number of rotatable bonds is 4. The van der Waals surface area contributed by atoms with Crippen LogP contribution in [0.15, 0.2) is 22.7 Å². The average Bonchev–Trinajstić information content (AvgIpc) is 3.09. The summed E-state index contributed by atoms with van der Waals surface area (Å²) in [5.74, 6) is -1.03. The smallest absolute Gasteiger partial charge is 0.317 e. The fourth-order valence-corrected chi connectivity index (χ4v) is 4.34. The molecule has 1 saturated heterocycles. The van der Waals surface area contributed by atoms with Gasteiger partial charge >= 0.3 is 12.0 Å². The predicted octanol–water partition coefficient (Wildman–Crippen LogP) is 3.03. The molecule has 5 nitrogen and oxygen atoms in total. The van der Waals surface area contributed by atoms with Gasteiger partial charge in [0.1, 0.15) is 5.82 Å². The van der Waals surface area contributed by atoms with Gasteiger partial charge in [0.2, 0.25) is 0 Å². The Morgan fingerprint density at radius 2 is 2.25 bits per heavy atom. The molecule has 24 heavy (non-hydrogen) atoms. The maximum atomic E-state index is 13.2. The maximum Gasteiger partial charge on any atom is 0.317 e. The molecule has 7 heteroatoms. The molecule has 0 radical (unpaired) electrons. The Hall–Kier alpha value is -1.63. The fourth-order valence-electron chi connectivity index (χ4n) is 3.91. The monoisotopic (exact) mass is 398 g/mol. The standard InChI is InChI=1S/C17H20BrFN2O3/c18-13-8-11(3-4-14(13)19)5-7-20-16(24)21-9-12-2-1-6-17(12,10-21)15(22)23/h3-4,8,12H,1-2,5-7,9-10H2,(H,20,24)(H,22,23)/t12-,17+/m0/s1. The number of benzene rings is 1. The molecule has 0 aromatic heterocycles. The summed E-state index contributed by atoms with van der Waals surface area (Å²) in [6.07, 6.45) is 3.04. The van der Waals surface area contributed by atoms with Crippen molar-refractivity contribution in [3.8, 4) is 0 Å². The normalized spacial score (nSPS) is 25.6. The van der Waals surface area contributed by atoms with Gasteiger partial charge in [0, 0.05) is 19.6 Å². The number of hydrogen-bond acceptors (Lipinski definition) is 2. The van der Waals surface area contributed by atoms with Crippen LogP contribution in [0, 0.1) is 17.2 Å². The van der Waals surface area contributed by atoms with Gasteiger partial charge < -0.3 is 15.3 Å². The van der Waals surface area contributed by atoms with E-state index < -0.39 is 11.4 Å². The van der Waals surface area contributed by atoms with E-state index in [0.29, 0.717) is 36.9 Å². The summed E-state index contributed by atoms with van der Waals surface area (Å²) in [4.78, 5) is 25.6. The van der Waals surface area contributed by atoms with Crippen molar-refractivity contribution in [1.29, 1.82) is 0 Å². The van der Waals surface area contributed by atoms with Crippen LogP contribution in [0.25, 0.3) is 0 Å². The number of hydrogen-bond donors (Lipinski definition) is 2. The van der Waals surface area contributed by atoms with Gasteiger partial charge in [0.05, 0.1) is 9.89 Å². The van der Waals surface area contributed by atoms with E-state index in [1.807, 2.05) is 0 Å². The summed E-state index contributed by atoms with van der Waals surface area (Å²) in [5.41, 5.74) is 0.169. The van der Waals surface area contributed by atoms with Gasteiger partial charge in [-0.25, -0.2) is 9.18 Å². The lowest BCUT2D eigenvalue weighted by molar-refractivity contribution is -0.149. The van der Waals surface area contributed by atoms with E-state index in [1.54, 1.807) is 17.0 Å². The molecule has 1 aromatic rings. The molecular weight excluding hydrogens is 379 g/mol. The fraction of sp³-hybridized carbons (Fsp3) is 0.529. The van der Waals surface area contributed by atoms with Crippen LogP contribution in [-0.4, -0.2) is 41.6 Å². The molecule has 2 aliphatic rings. The van der Waals surface area contributed by atoms with Crippen LogP contribution in [0.3, 0.4) is 0 Å². The second kappa shape index (κ2) is 6.70. The van der Waals surface area contributed by atoms with Gasteiger partial charge in [-0.2, -0.15) is 0 Å². The number of nitrogens with zero attached hydrogens (tertiary/aromatic N) is 1. The second-order valence-electron chi connectivity index (χ2n) is 6.66. The quantitative estimate of drug-likeness (QED) is 0.818. The van der Waals surface area contributed by atoms with Gasteiger partial charge in [0.15, 0.2) is 0 Å². The first-order valence-electron chi connectivity index (χ1n) is 8.12. The Kier molecular flexibility index (Phi) is 4.80. The summed E-state index contributed by atoms with van der Waals surface area (Å²) >= 11 is 3.14. The van der Waals surface area contributed by atoms with E-state index in [-0.39, 0.29) is 17.8 Å². The van der Waals surface area contributed by atoms with E-state index in [9.17, 15) is 19.1 Å². The first-order chi connectivity index (χ1) is 11.4. The van der Waals surface area contributed by atoms with Gasteiger partial charge in [-0.05, 0) is 58.8 Å². The Balaban J connectivity index is 1.53. The Morgan fingerprint density at radius 1 is 1.46 bits per heavy atom. The Labute approximate surface area is 148 Å². The van der Waals surface area contributed by atoms with Gasteiger partial charge in [-0.1, -0.05) is 12.5 Å². The molecule has 2 atom stereocenters. The van der Waals surface area contributed by atoms with Crippen LogP contribution >= 0.6 is 15.9 Å². The van der Waals surface area contributed by atoms with Gasteiger partial charge in [-0.3, -0.25) is 4.79 Å². The van der Waals surface area contributed by atoms with E-state index >= 15 is 0 Å². The molecular formula is C17H20BrFN2O3. The predicted molar refractivity (Wildman–Crippen MR) is 90.2 cm³/mol. The number of amides is 2. The topological polar surface area (TPSA) is 69.6 Å². The molecule has 0 unspecified atom stereocenters. The highest BCUT2D eigenvalue weighted by Crippen LogP contribution is 2.48. The summed E-state index contributed by atoms with van der Waals surface area (Å²) in [5, 5.41) is 12.4. The summed E-state index contributed by atoms with van der Waals surface area (Å²) in [6, 6.07) is 4.55. The molecule has 2 fully saturated rings. The third-order valence-corrected chi connectivity index (χ3v) is 5.87. The van der Waals surface area contributed by atoms with Crippen LogP contribution in [-0.2, 0) is 11.2 Å². The molecule has 2 amide bonds. The number of carbonyl (C=O) groups is 2. The second-order valence-corrected chi connectivity index (χ2v) is 7.52. The lowest BCUT2D eigenvalue weighted by Gasteiger charge is -2.23. The number of carboxylic acid groups (broad SMARTS) is 1. The van der Waals surface area contributed by atoms with Crippen molar-refractivity contribution >= 4 is 27.9 Å². The number of aliphatic carboxylic acids is 1. The number of carbonyl (C=O) groups excluding carboxylic acids is 1. The van der Waals surface area contributed by atoms with Crippen molar-refractivity contribution in [2.75, 3.05) is 19.6 Å². The molecule has 1 aliphatic heterocycles. The van der Waals surface area contributed by atoms with Crippen molar-refractivity contribution in [3.05, 3.63) is 34.1 Å². The van der Waals surface area contributed by atoms with Gasteiger partial charge in [-0.15, -0.1) is 0 Å². The highest BCUT2D eigenvalue weighted by atomic mass is 79.9. The van der Waals surface area contributed by atoms with Crippen LogP contribution in [0.1, 0.15) is 24.8 Å². The zero-order valence-corrected chi connectivity index (χ0v) is 14.8. The molecule has 0 bridgehead atoms. The maximum absolute atomic E-state index is 13.2. The molecule has 1 aromatic carbocycles. The summed E-state index contributed by atoms with van der Waals surface area (Å²) < 4.78 is 13.6. The first kappa shape index (κ1) is 17.2. The Morgan fingerprint density at radius 3 is 2.92 bits per heavy atom. The zero-order chi connectivity index (χ0) is 17.3. The number of carboxylic acids is 1. The molecule has 0 spiro atoms. The van der Waals surface area contributed by atoms with Crippen LogP contribution in [0.4, 0.5) is 9.18 Å². The zero-order valence-electron chi connectivity index (χ0n) is 13.2. The van der Waals surface area contributed by atoms with Crippen molar-refractivity contribution in [3.63, 3.8) is 0 Å². The highest BCUT2D eigenvalue weighted by molar-refractivity contribution is 9.10. The van der Waals surface area contributed by atoms with E-state index in [0.717, 1.165) is 18.4 Å². The van der Waals surface area contributed by atoms with E-state index in [1.165, 1.54) is 6.07 Å². The van der Waals surface area contributed by atoms with Crippen LogP contribution in [0.2, 0.25) is 0 Å². The lowest BCUT2D eigenvalue weighted by atomic mass is 9.81. The summed E-state index contributed by atoms with van der Waals surface area (Å²) in [7, 11) is 0. The van der Waals surface area contributed by atoms with Crippen LogP contribution < -0.4 is 5.32 Å². The largest absolute Gasteiger partial charge is 0.481 e. The van der Waals surface area contributed by atoms with Crippen molar-refractivity contribution in [2.24, 2.45) is 11.3 Å². The van der Waals surface area contributed by atoms with E-state index in [2.05, 4.69) is 21.2 Å². The summed E-state index contributed by atoms with van der Waals surface area (Å²) in [6.45, 7) is 1.24. The number of nitrogens with one attached hydrogen (secondary N) is 1. The van der Waals surface area contributed by atoms with Crippen molar-refractivity contribution < 1.29 is 19.1 Å². The highest BCUT2D eigenvalue weighted by Gasteiger charge is 2.55. The molecule has 2 N–H and O–H groups in total. The third-order valence-electron chi connectivity index (χ3n) is 5.26. The van der Waals surface area contributed by atoms with Crippen LogP contribution in [0.5, 0.6) is 0 Å². The first-order valence-corrected chi connectivity index (χ1v) is 8.92. The molecule has 1 saturated carbocycles. The Bertz CT molecular complexity index is 669. The number of fused-ring (bicyclic) bond motifs is 1. The van der Waals surface area contributed by atoms with Crippen molar-refractivity contribution in [1.82, 2.24) is 10.2 Å². The molecule has 1 heterocycles. The number of halogens is 2. The average molecular weight is 399 g/mol. The molecule has 130 valence electrons. The minimum atomic E-state index is -0.781. The minimum Gasteiger partial charge on any atom is -0.481 e. The molecule has 1 aliphatic carbocycles. The minimum absolute atomic E-state index is 0.0637. The van der Waals surface area contributed by atoms with Crippen molar-refractivity contribution in [2.45, 2.75) is 25.7 Å².